The van der Waals surface area contributed by atoms with Crippen molar-refractivity contribution in [3.05, 3.63) is 70.5 Å². The van der Waals surface area contributed by atoms with Crippen molar-refractivity contribution in [1.29, 1.82) is 0 Å². The molecule has 0 bridgehead atoms. The minimum atomic E-state index is -0.201. The highest BCUT2D eigenvalue weighted by atomic mass is 35.5. The molecule has 0 spiro atoms. The largest absolute Gasteiger partial charge is 0.487 e. The molecule has 0 aliphatic heterocycles. The van der Waals surface area contributed by atoms with E-state index in [0.29, 0.717) is 23.0 Å². The summed E-state index contributed by atoms with van der Waals surface area (Å²) in [5, 5.41) is 11.4. The zero-order chi connectivity index (χ0) is 18.6. The summed E-state index contributed by atoms with van der Waals surface area (Å²) >= 11 is 5.92. The molecule has 0 saturated heterocycles. The normalized spacial score (nSPS) is 12.6. The minimum Gasteiger partial charge on any atom is -0.487 e. The maximum Gasteiger partial charge on any atom is 0.246 e. The van der Waals surface area contributed by atoms with Crippen molar-refractivity contribution in [1.82, 2.24) is 15.0 Å². The van der Waals surface area contributed by atoms with Gasteiger partial charge in [0.1, 0.15) is 24.6 Å². The van der Waals surface area contributed by atoms with Gasteiger partial charge in [-0.1, -0.05) is 28.9 Å². The number of amides is 1. The lowest BCUT2D eigenvalue weighted by atomic mass is 10.1. The van der Waals surface area contributed by atoms with Gasteiger partial charge in [-0.3, -0.25) is 4.79 Å². The van der Waals surface area contributed by atoms with Gasteiger partial charge >= 0.3 is 0 Å². The van der Waals surface area contributed by atoms with Crippen LogP contribution in [0.1, 0.15) is 23.2 Å². The SMILES string of the molecule is O=C(Cn1cc(COc2ccc3c(c2)CCC3)nn1)Nc1cccc(Cl)c1. The molecule has 1 amide bonds. The number of carbonyl (C=O) groups is 1. The Morgan fingerprint density at radius 2 is 2.07 bits per heavy atom. The van der Waals surface area contributed by atoms with E-state index in [1.807, 2.05) is 6.07 Å². The van der Waals surface area contributed by atoms with Gasteiger partial charge in [0.05, 0.1) is 6.20 Å². The number of fused-ring (bicyclic) bond motifs is 1. The number of rotatable bonds is 6. The standard InChI is InChI=1S/C20H19ClN4O2/c21-16-5-2-6-17(10-16)22-20(26)12-25-11-18(23-24-25)13-27-19-8-7-14-3-1-4-15(14)9-19/h2,5-11H,1,3-4,12-13H2,(H,22,26). The van der Waals surface area contributed by atoms with Crippen LogP contribution < -0.4 is 10.1 Å². The van der Waals surface area contributed by atoms with Crippen molar-refractivity contribution in [3.63, 3.8) is 0 Å². The molecule has 1 aromatic heterocycles. The highest BCUT2D eigenvalue weighted by Gasteiger charge is 2.12. The van der Waals surface area contributed by atoms with Crippen LogP contribution in [-0.2, 0) is 30.8 Å². The Morgan fingerprint density at radius 3 is 2.96 bits per heavy atom. The molecule has 27 heavy (non-hydrogen) atoms. The second-order valence-electron chi connectivity index (χ2n) is 6.54. The Balaban J connectivity index is 1.31. The van der Waals surface area contributed by atoms with Gasteiger partial charge in [-0.05, 0) is 60.7 Å². The maximum atomic E-state index is 12.1. The van der Waals surface area contributed by atoms with E-state index < -0.39 is 0 Å². The van der Waals surface area contributed by atoms with E-state index in [-0.39, 0.29) is 12.5 Å². The zero-order valence-corrected chi connectivity index (χ0v) is 15.4. The van der Waals surface area contributed by atoms with Crippen molar-refractivity contribution in [2.75, 3.05) is 5.32 Å². The van der Waals surface area contributed by atoms with E-state index in [0.717, 1.165) is 18.6 Å². The summed E-state index contributed by atoms with van der Waals surface area (Å²) < 4.78 is 7.30. The molecular weight excluding hydrogens is 364 g/mol. The predicted octanol–water partition coefficient (Wildman–Crippen LogP) is 3.64. The Bertz CT molecular complexity index is 970. The fourth-order valence-electron chi connectivity index (χ4n) is 3.19. The average molecular weight is 383 g/mol. The van der Waals surface area contributed by atoms with Crippen molar-refractivity contribution >= 4 is 23.2 Å². The van der Waals surface area contributed by atoms with Crippen molar-refractivity contribution in [2.24, 2.45) is 0 Å². The number of carbonyl (C=O) groups excluding carboxylic acids is 1. The van der Waals surface area contributed by atoms with E-state index in [4.69, 9.17) is 16.3 Å². The van der Waals surface area contributed by atoms with Gasteiger partial charge in [0.2, 0.25) is 5.91 Å². The number of hydrogen-bond acceptors (Lipinski definition) is 4. The fourth-order valence-corrected chi connectivity index (χ4v) is 3.38. The summed E-state index contributed by atoms with van der Waals surface area (Å²) in [4.78, 5) is 12.1. The molecule has 1 aliphatic rings. The molecule has 1 heterocycles. The highest BCUT2D eigenvalue weighted by molar-refractivity contribution is 6.30. The molecule has 3 aromatic rings. The molecule has 138 valence electrons. The third-order valence-corrected chi connectivity index (χ3v) is 4.69. The molecule has 7 heteroatoms. The number of benzene rings is 2. The van der Waals surface area contributed by atoms with Crippen LogP contribution in [0.4, 0.5) is 5.69 Å². The van der Waals surface area contributed by atoms with Crippen molar-refractivity contribution < 1.29 is 9.53 Å². The second-order valence-corrected chi connectivity index (χ2v) is 6.98. The molecule has 2 aromatic carbocycles. The number of aryl methyl sites for hydroxylation is 2. The van der Waals surface area contributed by atoms with Crippen LogP contribution in [0, 0.1) is 0 Å². The monoisotopic (exact) mass is 382 g/mol. The molecule has 1 N–H and O–H groups in total. The first-order valence-corrected chi connectivity index (χ1v) is 9.22. The third-order valence-electron chi connectivity index (χ3n) is 4.46. The smallest absolute Gasteiger partial charge is 0.246 e. The number of hydrogen-bond donors (Lipinski definition) is 1. The third kappa shape index (κ3) is 4.46. The summed E-state index contributed by atoms with van der Waals surface area (Å²) in [6, 6.07) is 13.2. The Labute approximate surface area is 162 Å². The summed E-state index contributed by atoms with van der Waals surface area (Å²) in [5.41, 5.74) is 4.10. The van der Waals surface area contributed by atoms with E-state index in [9.17, 15) is 4.79 Å². The van der Waals surface area contributed by atoms with Gasteiger partial charge < -0.3 is 10.1 Å². The molecular formula is C20H19ClN4O2. The minimum absolute atomic E-state index is 0.0678. The molecule has 0 unspecified atom stereocenters. The lowest BCUT2D eigenvalue weighted by Gasteiger charge is -2.06. The van der Waals surface area contributed by atoms with Crippen molar-refractivity contribution in [3.8, 4) is 5.75 Å². The lowest BCUT2D eigenvalue weighted by Crippen LogP contribution is -2.19. The van der Waals surface area contributed by atoms with Crippen LogP contribution in [0.2, 0.25) is 5.02 Å². The van der Waals surface area contributed by atoms with E-state index in [1.54, 1.807) is 30.5 Å². The number of ether oxygens (including phenoxy) is 1. The van der Waals surface area contributed by atoms with E-state index in [1.165, 1.54) is 22.2 Å². The Hall–Kier alpha value is -2.86. The molecule has 0 atom stereocenters. The number of nitrogens with zero attached hydrogens (tertiary/aromatic N) is 3. The molecule has 0 saturated carbocycles. The first kappa shape index (κ1) is 17.5. The van der Waals surface area contributed by atoms with E-state index in [2.05, 4.69) is 27.8 Å². The van der Waals surface area contributed by atoms with Crippen LogP contribution in [0.25, 0.3) is 0 Å². The summed E-state index contributed by atoms with van der Waals surface area (Å²) in [6.45, 7) is 0.382. The van der Waals surface area contributed by atoms with Gasteiger partial charge in [-0.15, -0.1) is 5.10 Å². The lowest BCUT2D eigenvalue weighted by molar-refractivity contribution is -0.116. The van der Waals surface area contributed by atoms with Gasteiger partial charge in [0.25, 0.3) is 0 Å². The van der Waals surface area contributed by atoms with E-state index >= 15 is 0 Å². The predicted molar refractivity (Wildman–Crippen MR) is 103 cm³/mol. The topological polar surface area (TPSA) is 69.0 Å². The molecule has 6 nitrogen and oxygen atoms in total. The average Bonchev–Trinajstić information content (AvgIpc) is 3.28. The van der Waals surface area contributed by atoms with Gasteiger partial charge in [0.15, 0.2) is 0 Å². The van der Waals surface area contributed by atoms with Crippen molar-refractivity contribution in [2.45, 2.75) is 32.4 Å². The first-order chi connectivity index (χ1) is 13.2. The fraction of sp³-hybridized carbons (Fsp3) is 0.250. The van der Waals surface area contributed by atoms with Crippen LogP contribution in [-0.4, -0.2) is 20.9 Å². The Morgan fingerprint density at radius 1 is 1.19 bits per heavy atom. The molecule has 0 radical (unpaired) electrons. The number of nitrogens with one attached hydrogen (secondary N) is 1. The second kappa shape index (κ2) is 7.80. The summed E-state index contributed by atoms with van der Waals surface area (Å²) in [6.07, 6.45) is 5.20. The zero-order valence-electron chi connectivity index (χ0n) is 14.7. The number of aromatic nitrogens is 3. The van der Waals surface area contributed by atoms with Crippen LogP contribution in [0.3, 0.4) is 0 Å². The summed E-state index contributed by atoms with van der Waals surface area (Å²) in [7, 11) is 0. The number of anilines is 1. The van der Waals surface area contributed by atoms with Gasteiger partial charge in [-0.2, -0.15) is 0 Å². The quantitative estimate of drug-likeness (QED) is 0.706. The van der Waals surface area contributed by atoms with Gasteiger partial charge in [0, 0.05) is 10.7 Å². The molecule has 0 fully saturated rings. The molecule has 1 aliphatic carbocycles. The number of halogens is 1. The van der Waals surface area contributed by atoms with Crippen LogP contribution in [0.5, 0.6) is 5.75 Å². The van der Waals surface area contributed by atoms with Crippen LogP contribution >= 0.6 is 11.6 Å². The summed E-state index contributed by atoms with van der Waals surface area (Å²) in [5.74, 6) is 0.636. The van der Waals surface area contributed by atoms with Crippen LogP contribution in [0.15, 0.2) is 48.7 Å². The Kier molecular flexibility index (Phi) is 5.07. The van der Waals surface area contributed by atoms with Gasteiger partial charge in [-0.25, -0.2) is 4.68 Å². The maximum absolute atomic E-state index is 12.1. The first-order valence-electron chi connectivity index (χ1n) is 8.85. The molecule has 4 rings (SSSR count). The highest BCUT2D eigenvalue weighted by Crippen LogP contribution is 2.26.